The summed E-state index contributed by atoms with van der Waals surface area (Å²) >= 11 is 0. The molecule has 0 aromatic rings. The number of phosphoric acid groups is 1. The maximum atomic E-state index is 12.8. The molecule has 0 rings (SSSR count). The topological polar surface area (TPSA) is 108 Å². The van der Waals surface area contributed by atoms with Crippen LogP contribution in [0.1, 0.15) is 162 Å². The second-order valence-corrected chi connectivity index (χ2v) is 18.1. The number of amides is 1. The Kier molecular flexibility index (Phi) is 40.5. The molecule has 0 fully saturated rings. The lowest BCUT2D eigenvalue weighted by molar-refractivity contribution is -0.870. The highest BCUT2D eigenvalue weighted by Crippen LogP contribution is 2.38. The van der Waals surface area contributed by atoms with Crippen LogP contribution < -0.4 is 10.2 Å². The van der Waals surface area contributed by atoms with Crippen LogP contribution in [0.25, 0.3) is 0 Å². The van der Waals surface area contributed by atoms with Crippen molar-refractivity contribution in [3.8, 4) is 0 Å². The third-order valence-electron chi connectivity index (χ3n) is 9.78. The average molecular weight is 869 g/mol. The van der Waals surface area contributed by atoms with E-state index < -0.39 is 20.0 Å². The molecule has 0 bridgehead atoms. The van der Waals surface area contributed by atoms with Crippen LogP contribution in [-0.4, -0.2) is 68.5 Å². The predicted octanol–water partition coefficient (Wildman–Crippen LogP) is 13.1. The minimum Gasteiger partial charge on any atom is -0.756 e. The Labute approximate surface area is 374 Å². The number of hydrogen-bond acceptors (Lipinski definition) is 6. The van der Waals surface area contributed by atoms with E-state index in [9.17, 15) is 19.4 Å². The number of aliphatic hydroxyl groups excluding tert-OH is 1. The molecule has 0 aromatic heterocycles. The highest BCUT2D eigenvalue weighted by atomic mass is 31.2. The molecule has 1 amide bonds. The Bertz CT molecular complexity index is 1350. The second kappa shape index (κ2) is 42.5. The van der Waals surface area contributed by atoms with Gasteiger partial charge in [-0.05, 0) is 83.5 Å². The van der Waals surface area contributed by atoms with Gasteiger partial charge < -0.3 is 28.8 Å². The van der Waals surface area contributed by atoms with Crippen molar-refractivity contribution in [3.63, 3.8) is 0 Å². The van der Waals surface area contributed by atoms with E-state index in [2.05, 4.69) is 129 Å². The molecule has 0 saturated carbocycles. The van der Waals surface area contributed by atoms with Crippen molar-refractivity contribution in [3.05, 3.63) is 109 Å². The van der Waals surface area contributed by atoms with Crippen molar-refractivity contribution < 1.29 is 32.9 Å². The van der Waals surface area contributed by atoms with E-state index in [1.807, 2.05) is 21.1 Å². The van der Waals surface area contributed by atoms with Gasteiger partial charge in [0.15, 0.2) is 0 Å². The van der Waals surface area contributed by atoms with Crippen LogP contribution in [0.3, 0.4) is 0 Å². The molecule has 0 heterocycles. The standard InChI is InChI=1S/C52H89N2O6P/c1-6-8-10-12-14-16-17-18-19-20-21-22-23-24-25-26-27-28-29-30-31-32-33-34-35-36-37-38-40-42-44-46-52(56)53-50(49-60-61(57,58)59-48-47-54(3,4)5)51(55)45-43-41-39-15-13-11-9-7-2/h8,10,14,16,18-19,21-22,24-25,27-28,30-31,33-34,36-37,50-51,55H,6-7,9,11-13,15,17,20,23,26,29,32,35,38-49H2,1-5H3,(H-,53,56,57,58)/b10-8-,16-14-,19-18-,22-21-,25-24-,28-27-,31-30-,34-33-,37-36-. The average Bonchev–Trinajstić information content (AvgIpc) is 3.21. The van der Waals surface area contributed by atoms with Crippen molar-refractivity contribution in [1.82, 2.24) is 5.32 Å². The molecule has 0 aliphatic rings. The molecule has 3 atom stereocenters. The van der Waals surface area contributed by atoms with Crippen LogP contribution in [0.2, 0.25) is 0 Å². The monoisotopic (exact) mass is 869 g/mol. The number of likely N-dealkylation sites (N-methyl/N-ethyl adjacent to an activating group) is 1. The SMILES string of the molecule is CC/C=C\C/C=C\C/C=C\C/C=C\C/C=C\C/C=C\C/C=C\C/C=C\C/C=C\CCCCCC(=O)NC(COP(=O)([O-])OCC[N+](C)(C)C)C(O)CCCCCCCCCC. The Hall–Kier alpha value is -2.84. The van der Waals surface area contributed by atoms with Crippen molar-refractivity contribution in [2.45, 2.75) is 174 Å². The summed E-state index contributed by atoms with van der Waals surface area (Å²) in [5, 5.41) is 13.8. The van der Waals surface area contributed by atoms with Gasteiger partial charge in [0, 0.05) is 6.42 Å². The van der Waals surface area contributed by atoms with Gasteiger partial charge in [-0.1, -0.05) is 181 Å². The van der Waals surface area contributed by atoms with Crippen molar-refractivity contribution >= 4 is 13.7 Å². The van der Waals surface area contributed by atoms with Gasteiger partial charge in [0.1, 0.15) is 13.2 Å². The molecule has 9 heteroatoms. The Balaban J connectivity index is 4.24. The van der Waals surface area contributed by atoms with Crippen molar-refractivity contribution in [1.29, 1.82) is 0 Å². The summed E-state index contributed by atoms with van der Waals surface area (Å²) in [4.78, 5) is 25.3. The fourth-order valence-electron chi connectivity index (χ4n) is 6.03. The quantitative estimate of drug-likeness (QED) is 0.0274. The van der Waals surface area contributed by atoms with Crippen LogP contribution in [0.4, 0.5) is 0 Å². The highest BCUT2D eigenvalue weighted by molar-refractivity contribution is 7.45. The molecule has 0 radical (unpaired) electrons. The molecule has 0 saturated heterocycles. The van der Waals surface area contributed by atoms with Crippen LogP contribution in [-0.2, 0) is 18.4 Å². The number of unbranched alkanes of at least 4 members (excludes halogenated alkanes) is 10. The van der Waals surface area contributed by atoms with Gasteiger partial charge in [0.2, 0.25) is 5.91 Å². The summed E-state index contributed by atoms with van der Waals surface area (Å²) in [5.74, 6) is -0.206. The van der Waals surface area contributed by atoms with Gasteiger partial charge in [-0.25, -0.2) is 0 Å². The number of aliphatic hydroxyl groups is 1. The third kappa shape index (κ3) is 45.0. The van der Waals surface area contributed by atoms with E-state index in [0.717, 1.165) is 103 Å². The largest absolute Gasteiger partial charge is 0.756 e. The molecule has 0 aromatic carbocycles. The Morgan fingerprint density at radius 1 is 0.590 bits per heavy atom. The number of hydrogen-bond donors (Lipinski definition) is 2. The molecule has 0 spiro atoms. The maximum absolute atomic E-state index is 12.8. The molecule has 0 aliphatic carbocycles. The lowest BCUT2D eigenvalue weighted by Gasteiger charge is -2.30. The molecule has 0 aliphatic heterocycles. The minimum atomic E-state index is -4.57. The van der Waals surface area contributed by atoms with E-state index in [1.165, 1.54) is 32.1 Å². The highest BCUT2D eigenvalue weighted by Gasteiger charge is 2.24. The molecule has 61 heavy (non-hydrogen) atoms. The Morgan fingerprint density at radius 2 is 1.00 bits per heavy atom. The number of phosphoric ester groups is 1. The number of carbonyl (C=O) groups is 1. The lowest BCUT2D eigenvalue weighted by atomic mass is 10.0. The fourth-order valence-corrected chi connectivity index (χ4v) is 6.75. The first kappa shape index (κ1) is 58.2. The van der Waals surface area contributed by atoms with Crippen LogP contribution in [0.15, 0.2) is 109 Å². The Morgan fingerprint density at radius 3 is 1.44 bits per heavy atom. The summed E-state index contributed by atoms with van der Waals surface area (Å²) in [6, 6.07) is -0.824. The molecule has 8 nitrogen and oxygen atoms in total. The molecule has 2 N–H and O–H groups in total. The molecule has 3 unspecified atom stereocenters. The third-order valence-corrected chi connectivity index (χ3v) is 10.7. The van der Waals surface area contributed by atoms with E-state index >= 15 is 0 Å². The van der Waals surface area contributed by atoms with Crippen LogP contribution >= 0.6 is 7.82 Å². The summed E-state index contributed by atoms with van der Waals surface area (Å²) in [7, 11) is 1.26. The number of carbonyl (C=O) groups excluding carboxylic acids is 1. The predicted molar refractivity (Wildman–Crippen MR) is 260 cm³/mol. The summed E-state index contributed by atoms with van der Waals surface area (Å²) in [5.41, 5.74) is 0. The van der Waals surface area contributed by atoms with E-state index in [0.29, 0.717) is 23.9 Å². The van der Waals surface area contributed by atoms with E-state index in [-0.39, 0.29) is 19.1 Å². The molecular formula is C52H89N2O6P. The maximum Gasteiger partial charge on any atom is 0.268 e. The van der Waals surface area contributed by atoms with Gasteiger partial charge >= 0.3 is 0 Å². The molecular weight excluding hydrogens is 780 g/mol. The summed E-state index contributed by atoms with van der Waals surface area (Å²) in [6.07, 6.45) is 61.2. The number of nitrogens with zero attached hydrogens (tertiary/aromatic N) is 1. The smallest absolute Gasteiger partial charge is 0.268 e. The van der Waals surface area contributed by atoms with Crippen LogP contribution in [0, 0.1) is 0 Å². The van der Waals surface area contributed by atoms with E-state index in [4.69, 9.17) is 9.05 Å². The normalized spacial score (nSPS) is 15.2. The minimum absolute atomic E-state index is 0.00155. The van der Waals surface area contributed by atoms with Gasteiger partial charge in [-0.15, -0.1) is 0 Å². The lowest BCUT2D eigenvalue weighted by Crippen LogP contribution is -2.46. The number of quaternary nitrogens is 1. The first-order valence-electron chi connectivity index (χ1n) is 23.7. The number of rotatable bonds is 41. The first-order chi connectivity index (χ1) is 29.5. The van der Waals surface area contributed by atoms with Crippen molar-refractivity contribution in [2.75, 3.05) is 40.9 Å². The van der Waals surface area contributed by atoms with Gasteiger partial charge in [-0.2, -0.15) is 0 Å². The van der Waals surface area contributed by atoms with E-state index in [1.54, 1.807) is 0 Å². The van der Waals surface area contributed by atoms with Gasteiger partial charge in [0.05, 0.1) is 39.9 Å². The van der Waals surface area contributed by atoms with Gasteiger partial charge in [0.25, 0.3) is 7.82 Å². The number of allylic oxidation sites excluding steroid dienone is 18. The first-order valence-corrected chi connectivity index (χ1v) is 25.2. The second-order valence-electron chi connectivity index (χ2n) is 16.7. The molecule has 348 valence electrons. The summed E-state index contributed by atoms with van der Waals surface area (Å²) < 4.78 is 23.2. The zero-order valence-electron chi connectivity index (χ0n) is 39.3. The van der Waals surface area contributed by atoms with Crippen LogP contribution in [0.5, 0.6) is 0 Å². The van der Waals surface area contributed by atoms with Crippen molar-refractivity contribution in [2.24, 2.45) is 0 Å². The number of nitrogens with one attached hydrogen (secondary N) is 1. The zero-order chi connectivity index (χ0) is 45.0. The zero-order valence-corrected chi connectivity index (χ0v) is 40.2. The summed E-state index contributed by atoms with van der Waals surface area (Å²) in [6.45, 7) is 4.51. The van der Waals surface area contributed by atoms with Gasteiger partial charge in [-0.3, -0.25) is 9.36 Å². The fraction of sp³-hybridized carbons (Fsp3) is 0.635.